The number of para-hydroxylation sites is 1. The zero-order valence-electron chi connectivity index (χ0n) is 24.8. The summed E-state index contributed by atoms with van der Waals surface area (Å²) in [6, 6.07) is 52.5. The third kappa shape index (κ3) is 4.31. The van der Waals surface area contributed by atoms with Gasteiger partial charge in [0.05, 0.1) is 28.3 Å². The first kappa shape index (κ1) is 26.2. The van der Waals surface area contributed by atoms with Crippen molar-refractivity contribution >= 4 is 43.2 Å². The largest absolute Gasteiger partial charge is 0.255 e. The van der Waals surface area contributed by atoms with Crippen LogP contribution in [0.5, 0.6) is 0 Å². The van der Waals surface area contributed by atoms with Crippen molar-refractivity contribution in [3.05, 3.63) is 158 Å². The van der Waals surface area contributed by atoms with Crippen molar-refractivity contribution in [1.29, 1.82) is 0 Å². The molecule has 0 fully saturated rings. The second-order valence-electron chi connectivity index (χ2n) is 11.4. The van der Waals surface area contributed by atoms with Crippen LogP contribution in [0, 0.1) is 0 Å². The molecular formula is C42H26N4. The first-order valence-electron chi connectivity index (χ1n) is 15.4. The number of rotatable bonds is 4. The summed E-state index contributed by atoms with van der Waals surface area (Å²) in [6.07, 6.45) is 1.80. The van der Waals surface area contributed by atoms with Gasteiger partial charge in [-0.2, -0.15) is 0 Å². The van der Waals surface area contributed by atoms with Crippen molar-refractivity contribution in [2.75, 3.05) is 0 Å². The summed E-state index contributed by atoms with van der Waals surface area (Å²) in [5.74, 6) is 0.663. The van der Waals surface area contributed by atoms with E-state index in [1.54, 1.807) is 6.20 Å². The molecule has 0 atom stereocenters. The molecule has 0 radical (unpaired) electrons. The van der Waals surface area contributed by atoms with Crippen molar-refractivity contribution in [1.82, 2.24) is 19.9 Å². The molecule has 9 rings (SSSR count). The van der Waals surface area contributed by atoms with Crippen LogP contribution in [0.4, 0.5) is 0 Å². The molecule has 0 spiro atoms. The van der Waals surface area contributed by atoms with E-state index in [2.05, 4.69) is 102 Å². The van der Waals surface area contributed by atoms with Crippen LogP contribution in [0.15, 0.2) is 158 Å². The number of fused-ring (bicyclic) bond motifs is 8. The zero-order valence-corrected chi connectivity index (χ0v) is 24.8. The molecule has 3 heterocycles. The molecule has 0 aliphatic rings. The van der Waals surface area contributed by atoms with Gasteiger partial charge < -0.3 is 0 Å². The molecule has 214 valence electrons. The highest BCUT2D eigenvalue weighted by molar-refractivity contribution is 6.33. The van der Waals surface area contributed by atoms with Gasteiger partial charge in [-0.1, -0.05) is 121 Å². The molecule has 4 nitrogen and oxygen atoms in total. The summed E-state index contributed by atoms with van der Waals surface area (Å²) >= 11 is 0. The Morgan fingerprint density at radius 2 is 0.957 bits per heavy atom. The SMILES string of the molecule is c1ccc(-c2nc(-c3cccc(-c4nc5ccccc5c5c6ccccc6c6ccccc6c45)c3)cc(-c3ccccn3)n2)cc1. The fourth-order valence-corrected chi connectivity index (χ4v) is 6.62. The Balaban J connectivity index is 1.33. The van der Waals surface area contributed by atoms with Crippen molar-refractivity contribution in [3.63, 3.8) is 0 Å². The standard InChI is InChI=1S/C42H26N4/c1-2-13-27(14-3-1)42-45-37(26-38(46-42)36-23-10-11-24-43-36)28-15-12-16-29(25-28)41-40-33-20-7-5-18-31(33)30-17-4-6-19-32(30)39(40)34-21-8-9-22-35(34)44-41/h1-26H. The van der Waals surface area contributed by atoms with Gasteiger partial charge in [-0.3, -0.25) is 4.98 Å². The van der Waals surface area contributed by atoms with Gasteiger partial charge in [0.1, 0.15) is 0 Å². The Kier molecular flexibility index (Phi) is 6.10. The van der Waals surface area contributed by atoms with E-state index in [9.17, 15) is 0 Å². The quantitative estimate of drug-likeness (QED) is 0.193. The fourth-order valence-electron chi connectivity index (χ4n) is 6.62. The molecule has 0 aliphatic heterocycles. The second-order valence-corrected chi connectivity index (χ2v) is 11.4. The molecule has 0 N–H and O–H groups in total. The van der Waals surface area contributed by atoms with Gasteiger partial charge in [-0.25, -0.2) is 15.0 Å². The molecule has 6 aromatic carbocycles. The first-order chi connectivity index (χ1) is 22.8. The van der Waals surface area contributed by atoms with Crippen molar-refractivity contribution < 1.29 is 0 Å². The third-order valence-corrected chi connectivity index (χ3v) is 8.69. The van der Waals surface area contributed by atoms with Crippen LogP contribution < -0.4 is 0 Å². The second kappa shape index (κ2) is 10.7. The van der Waals surface area contributed by atoms with E-state index in [1.165, 1.54) is 26.9 Å². The van der Waals surface area contributed by atoms with Gasteiger partial charge in [0.25, 0.3) is 0 Å². The topological polar surface area (TPSA) is 51.6 Å². The predicted molar refractivity (Wildman–Crippen MR) is 189 cm³/mol. The monoisotopic (exact) mass is 586 g/mol. The van der Waals surface area contributed by atoms with Crippen LogP contribution in [-0.4, -0.2) is 19.9 Å². The molecule has 0 aliphatic carbocycles. The Hall–Kier alpha value is -6.26. The number of aromatic nitrogens is 4. The molecule has 3 aromatic heterocycles. The zero-order chi connectivity index (χ0) is 30.5. The molecule has 0 bridgehead atoms. The van der Waals surface area contributed by atoms with Crippen LogP contribution in [0.2, 0.25) is 0 Å². The van der Waals surface area contributed by atoms with Gasteiger partial charge in [0, 0.05) is 39.0 Å². The first-order valence-corrected chi connectivity index (χ1v) is 15.4. The summed E-state index contributed by atoms with van der Waals surface area (Å²) in [5, 5.41) is 8.44. The third-order valence-electron chi connectivity index (χ3n) is 8.69. The molecule has 0 amide bonds. The maximum absolute atomic E-state index is 5.35. The average molecular weight is 587 g/mol. The minimum absolute atomic E-state index is 0.663. The lowest BCUT2D eigenvalue weighted by molar-refractivity contribution is 1.16. The molecule has 46 heavy (non-hydrogen) atoms. The van der Waals surface area contributed by atoms with E-state index in [0.717, 1.165) is 55.8 Å². The van der Waals surface area contributed by atoms with Gasteiger partial charge >= 0.3 is 0 Å². The van der Waals surface area contributed by atoms with Crippen molar-refractivity contribution in [2.24, 2.45) is 0 Å². The van der Waals surface area contributed by atoms with E-state index in [0.29, 0.717) is 5.82 Å². The molecule has 4 heteroatoms. The summed E-state index contributed by atoms with van der Waals surface area (Å²) in [5.41, 5.74) is 7.33. The Bertz CT molecular complexity index is 2520. The molecule has 0 unspecified atom stereocenters. The number of hydrogen-bond donors (Lipinski definition) is 0. The highest BCUT2D eigenvalue weighted by Crippen LogP contribution is 2.43. The molecule has 0 saturated heterocycles. The van der Waals surface area contributed by atoms with Crippen LogP contribution in [0.3, 0.4) is 0 Å². The maximum Gasteiger partial charge on any atom is 0.160 e. The average Bonchev–Trinajstić information content (AvgIpc) is 3.15. The Labute approximate surface area is 265 Å². The van der Waals surface area contributed by atoms with Gasteiger partial charge in [-0.05, 0) is 51.9 Å². The number of hydrogen-bond acceptors (Lipinski definition) is 4. The lowest BCUT2D eigenvalue weighted by Gasteiger charge is -2.16. The Morgan fingerprint density at radius 1 is 0.348 bits per heavy atom. The summed E-state index contributed by atoms with van der Waals surface area (Å²) in [7, 11) is 0. The maximum atomic E-state index is 5.35. The fraction of sp³-hybridized carbons (Fsp3) is 0. The smallest absolute Gasteiger partial charge is 0.160 e. The van der Waals surface area contributed by atoms with Crippen molar-refractivity contribution in [3.8, 4) is 45.3 Å². The van der Waals surface area contributed by atoms with Gasteiger partial charge in [-0.15, -0.1) is 0 Å². The van der Waals surface area contributed by atoms with Gasteiger partial charge in [0.2, 0.25) is 0 Å². The van der Waals surface area contributed by atoms with E-state index in [1.807, 2.05) is 54.6 Å². The minimum Gasteiger partial charge on any atom is -0.255 e. The van der Waals surface area contributed by atoms with E-state index in [4.69, 9.17) is 15.0 Å². The predicted octanol–water partition coefficient (Wildman–Crippen LogP) is 10.5. The normalized spacial score (nSPS) is 11.5. The number of benzene rings is 6. The lowest BCUT2D eigenvalue weighted by Crippen LogP contribution is -1.97. The van der Waals surface area contributed by atoms with E-state index in [-0.39, 0.29) is 0 Å². The van der Waals surface area contributed by atoms with Crippen LogP contribution in [0.25, 0.3) is 88.5 Å². The highest BCUT2D eigenvalue weighted by Gasteiger charge is 2.18. The molecular weight excluding hydrogens is 560 g/mol. The summed E-state index contributed by atoms with van der Waals surface area (Å²) in [4.78, 5) is 20.0. The van der Waals surface area contributed by atoms with Crippen molar-refractivity contribution in [2.45, 2.75) is 0 Å². The number of pyridine rings is 2. The highest BCUT2D eigenvalue weighted by atomic mass is 14.9. The van der Waals surface area contributed by atoms with E-state index < -0.39 is 0 Å². The Morgan fingerprint density at radius 3 is 1.72 bits per heavy atom. The molecule has 9 aromatic rings. The van der Waals surface area contributed by atoms with Crippen LogP contribution in [-0.2, 0) is 0 Å². The number of nitrogens with zero attached hydrogens (tertiary/aromatic N) is 4. The van der Waals surface area contributed by atoms with Gasteiger partial charge in [0.15, 0.2) is 5.82 Å². The van der Waals surface area contributed by atoms with E-state index >= 15 is 0 Å². The minimum atomic E-state index is 0.663. The molecule has 0 saturated carbocycles. The summed E-state index contributed by atoms with van der Waals surface area (Å²) in [6.45, 7) is 0. The van der Waals surface area contributed by atoms with Crippen LogP contribution >= 0.6 is 0 Å². The van der Waals surface area contributed by atoms with Crippen LogP contribution in [0.1, 0.15) is 0 Å². The summed E-state index contributed by atoms with van der Waals surface area (Å²) < 4.78 is 0. The lowest BCUT2D eigenvalue weighted by atomic mass is 9.89.